The van der Waals surface area contributed by atoms with E-state index in [1.54, 1.807) is 6.07 Å². The summed E-state index contributed by atoms with van der Waals surface area (Å²) < 4.78 is 5.24. The van der Waals surface area contributed by atoms with Crippen LogP contribution in [0.25, 0.3) is 11.1 Å². The molecule has 0 heterocycles. The Labute approximate surface area is 124 Å². The van der Waals surface area contributed by atoms with Gasteiger partial charge in [-0.2, -0.15) is 0 Å². The maximum Gasteiger partial charge on any atom is 0.412 e. The Morgan fingerprint density at radius 3 is 2.33 bits per heavy atom. The van der Waals surface area contributed by atoms with Gasteiger partial charge in [0, 0.05) is 11.4 Å². The highest BCUT2D eigenvalue weighted by molar-refractivity contribution is 5.87. The SMILES string of the molecule is CC(C)(C)OC(=O)Nc1cc(N)cc(-c2ccccc2)c1. The van der Waals surface area contributed by atoms with Crippen LogP contribution < -0.4 is 11.1 Å². The van der Waals surface area contributed by atoms with Crippen molar-refractivity contribution in [2.45, 2.75) is 26.4 Å². The maximum absolute atomic E-state index is 11.8. The summed E-state index contributed by atoms with van der Waals surface area (Å²) in [6.07, 6.45) is -0.493. The van der Waals surface area contributed by atoms with Gasteiger partial charge in [-0.1, -0.05) is 30.3 Å². The number of nitrogen functional groups attached to an aromatic ring is 1. The predicted molar refractivity (Wildman–Crippen MR) is 86.1 cm³/mol. The summed E-state index contributed by atoms with van der Waals surface area (Å²) >= 11 is 0. The van der Waals surface area contributed by atoms with E-state index in [0.29, 0.717) is 11.4 Å². The zero-order valence-corrected chi connectivity index (χ0v) is 12.5. The van der Waals surface area contributed by atoms with Crippen molar-refractivity contribution in [3.8, 4) is 11.1 Å². The molecule has 0 atom stereocenters. The van der Waals surface area contributed by atoms with Gasteiger partial charge in [0.25, 0.3) is 0 Å². The van der Waals surface area contributed by atoms with E-state index in [2.05, 4.69) is 5.32 Å². The van der Waals surface area contributed by atoms with Crippen molar-refractivity contribution in [3.63, 3.8) is 0 Å². The van der Waals surface area contributed by atoms with Crippen molar-refractivity contribution in [2.75, 3.05) is 11.1 Å². The number of nitrogens with two attached hydrogens (primary N) is 1. The third-order valence-electron chi connectivity index (χ3n) is 2.71. The average molecular weight is 284 g/mol. The molecule has 2 aromatic rings. The number of nitrogens with one attached hydrogen (secondary N) is 1. The summed E-state index contributed by atoms with van der Waals surface area (Å²) in [7, 11) is 0. The minimum atomic E-state index is -0.535. The molecule has 21 heavy (non-hydrogen) atoms. The first-order valence-corrected chi connectivity index (χ1v) is 6.79. The molecular weight excluding hydrogens is 264 g/mol. The lowest BCUT2D eigenvalue weighted by atomic mass is 10.0. The summed E-state index contributed by atoms with van der Waals surface area (Å²) in [5.74, 6) is 0. The fourth-order valence-corrected chi connectivity index (χ4v) is 1.94. The molecule has 110 valence electrons. The standard InChI is InChI=1S/C17H20N2O2/c1-17(2,3)21-16(20)19-15-10-13(9-14(18)11-15)12-7-5-4-6-8-12/h4-11H,18H2,1-3H3,(H,19,20). The van der Waals surface area contributed by atoms with Crippen molar-refractivity contribution < 1.29 is 9.53 Å². The number of amides is 1. The number of carbonyl (C=O) groups is 1. The summed E-state index contributed by atoms with van der Waals surface area (Å²) in [5, 5.41) is 2.71. The zero-order valence-electron chi connectivity index (χ0n) is 12.5. The van der Waals surface area contributed by atoms with Gasteiger partial charge in [-0.15, -0.1) is 0 Å². The molecule has 3 N–H and O–H groups in total. The predicted octanol–water partition coefficient (Wildman–Crippen LogP) is 4.28. The lowest BCUT2D eigenvalue weighted by molar-refractivity contribution is 0.0636. The van der Waals surface area contributed by atoms with Crippen LogP contribution in [-0.2, 0) is 4.74 Å². The molecule has 0 aliphatic rings. The minimum absolute atomic E-state index is 0.493. The number of hydrogen-bond acceptors (Lipinski definition) is 3. The Morgan fingerprint density at radius 1 is 1.05 bits per heavy atom. The quantitative estimate of drug-likeness (QED) is 0.809. The van der Waals surface area contributed by atoms with Crippen LogP contribution in [0.3, 0.4) is 0 Å². The van der Waals surface area contributed by atoms with E-state index in [-0.39, 0.29) is 0 Å². The third kappa shape index (κ3) is 4.53. The first-order chi connectivity index (χ1) is 9.83. The van der Waals surface area contributed by atoms with Gasteiger partial charge in [-0.25, -0.2) is 4.79 Å². The van der Waals surface area contributed by atoms with Gasteiger partial charge >= 0.3 is 6.09 Å². The molecule has 0 radical (unpaired) electrons. The number of rotatable bonds is 2. The molecule has 0 aliphatic heterocycles. The number of benzene rings is 2. The van der Waals surface area contributed by atoms with Crippen molar-refractivity contribution in [3.05, 3.63) is 48.5 Å². The van der Waals surface area contributed by atoms with E-state index in [9.17, 15) is 4.79 Å². The first-order valence-electron chi connectivity index (χ1n) is 6.79. The fourth-order valence-electron chi connectivity index (χ4n) is 1.94. The lowest BCUT2D eigenvalue weighted by Gasteiger charge is -2.20. The molecule has 1 amide bonds. The van der Waals surface area contributed by atoms with Gasteiger partial charge < -0.3 is 10.5 Å². The fraction of sp³-hybridized carbons (Fsp3) is 0.235. The Bertz CT molecular complexity index is 631. The Kier molecular flexibility index (Phi) is 4.17. The van der Waals surface area contributed by atoms with Crippen LogP contribution in [0.4, 0.5) is 16.2 Å². The summed E-state index contributed by atoms with van der Waals surface area (Å²) in [6, 6.07) is 15.3. The Balaban J connectivity index is 2.22. The average Bonchev–Trinajstić information content (AvgIpc) is 2.36. The van der Waals surface area contributed by atoms with Crippen LogP contribution in [0, 0.1) is 0 Å². The zero-order chi connectivity index (χ0) is 15.5. The number of carbonyl (C=O) groups excluding carboxylic acids is 1. The van der Waals surface area contributed by atoms with Crippen molar-refractivity contribution in [1.29, 1.82) is 0 Å². The molecule has 0 bridgehead atoms. The van der Waals surface area contributed by atoms with Gasteiger partial charge in [0.2, 0.25) is 0 Å². The Morgan fingerprint density at radius 2 is 1.71 bits per heavy atom. The first kappa shape index (κ1) is 14.9. The molecule has 0 unspecified atom stereocenters. The van der Waals surface area contributed by atoms with Gasteiger partial charge in [-0.05, 0) is 50.1 Å². The number of ether oxygens (including phenoxy) is 1. The van der Waals surface area contributed by atoms with Crippen LogP contribution >= 0.6 is 0 Å². The van der Waals surface area contributed by atoms with Crippen molar-refractivity contribution in [1.82, 2.24) is 0 Å². The van der Waals surface area contributed by atoms with Gasteiger partial charge in [0.05, 0.1) is 0 Å². The summed E-state index contributed by atoms with van der Waals surface area (Å²) in [5.41, 5.74) is 8.56. The molecule has 0 fully saturated rings. The molecular formula is C17H20N2O2. The summed E-state index contributed by atoms with van der Waals surface area (Å²) in [4.78, 5) is 11.8. The van der Waals surface area contributed by atoms with Crippen LogP contribution in [0.15, 0.2) is 48.5 Å². The molecule has 0 saturated heterocycles. The normalized spacial score (nSPS) is 11.0. The van der Waals surface area contributed by atoms with E-state index in [4.69, 9.17) is 10.5 Å². The highest BCUT2D eigenvalue weighted by Crippen LogP contribution is 2.26. The second-order valence-corrected chi connectivity index (χ2v) is 5.84. The van der Waals surface area contributed by atoms with Gasteiger partial charge in [-0.3, -0.25) is 5.32 Å². The molecule has 0 saturated carbocycles. The molecule has 2 aromatic carbocycles. The molecule has 0 spiro atoms. The van der Waals surface area contributed by atoms with Crippen LogP contribution in [0.2, 0.25) is 0 Å². The van der Waals surface area contributed by atoms with Gasteiger partial charge in [0.1, 0.15) is 5.60 Å². The number of hydrogen-bond donors (Lipinski definition) is 2. The van der Waals surface area contributed by atoms with Crippen LogP contribution in [-0.4, -0.2) is 11.7 Å². The smallest absolute Gasteiger partial charge is 0.412 e. The largest absolute Gasteiger partial charge is 0.444 e. The molecule has 2 rings (SSSR count). The monoisotopic (exact) mass is 284 g/mol. The maximum atomic E-state index is 11.8. The van der Waals surface area contributed by atoms with Crippen LogP contribution in [0.5, 0.6) is 0 Å². The van der Waals surface area contributed by atoms with Crippen molar-refractivity contribution >= 4 is 17.5 Å². The van der Waals surface area contributed by atoms with E-state index < -0.39 is 11.7 Å². The molecule has 4 nitrogen and oxygen atoms in total. The van der Waals surface area contributed by atoms with E-state index >= 15 is 0 Å². The number of anilines is 2. The lowest BCUT2D eigenvalue weighted by Crippen LogP contribution is -2.27. The topological polar surface area (TPSA) is 64.3 Å². The van der Waals surface area contributed by atoms with Crippen molar-refractivity contribution in [2.24, 2.45) is 0 Å². The van der Waals surface area contributed by atoms with E-state index in [1.807, 2.05) is 63.2 Å². The summed E-state index contributed by atoms with van der Waals surface area (Å²) in [6.45, 7) is 5.46. The van der Waals surface area contributed by atoms with Gasteiger partial charge in [0.15, 0.2) is 0 Å². The second-order valence-electron chi connectivity index (χ2n) is 5.84. The van der Waals surface area contributed by atoms with E-state index in [1.165, 1.54) is 0 Å². The van der Waals surface area contributed by atoms with E-state index in [0.717, 1.165) is 11.1 Å². The molecule has 0 aliphatic carbocycles. The minimum Gasteiger partial charge on any atom is -0.444 e. The van der Waals surface area contributed by atoms with Crippen LogP contribution in [0.1, 0.15) is 20.8 Å². The highest BCUT2D eigenvalue weighted by Gasteiger charge is 2.16. The molecule has 0 aromatic heterocycles. The Hall–Kier alpha value is -2.49. The third-order valence-corrected chi connectivity index (χ3v) is 2.71. The molecule has 4 heteroatoms. The highest BCUT2D eigenvalue weighted by atomic mass is 16.6. The second kappa shape index (κ2) is 5.87.